The number of rotatable bonds is 5. The molecule has 8 nitrogen and oxygen atoms in total. The van der Waals surface area contributed by atoms with E-state index in [2.05, 4.69) is 4.72 Å². The number of anilines is 1. The Morgan fingerprint density at radius 3 is 2.71 bits per heavy atom. The highest BCUT2D eigenvalue weighted by Gasteiger charge is 2.37. The van der Waals surface area contributed by atoms with Gasteiger partial charge in [0.15, 0.2) is 0 Å². The fraction of sp³-hybridized carbons (Fsp3) is 0.292. The minimum absolute atomic E-state index is 0.00917. The molecule has 5 rings (SSSR count). The van der Waals surface area contributed by atoms with Crippen LogP contribution in [-0.2, 0) is 27.8 Å². The Balaban J connectivity index is 1.39. The van der Waals surface area contributed by atoms with Gasteiger partial charge in [-0.25, -0.2) is 8.42 Å². The molecular weight excluding hydrogens is 472 g/mol. The summed E-state index contributed by atoms with van der Waals surface area (Å²) in [6.07, 6.45) is 1.28. The molecule has 2 aromatic heterocycles. The number of hydrogen-bond donors (Lipinski definition) is 1. The minimum Gasteiger partial charge on any atom is -0.341 e. The maximum absolute atomic E-state index is 13.2. The number of benzene rings is 1. The summed E-state index contributed by atoms with van der Waals surface area (Å²) in [4.78, 5) is 28.8. The number of sulfonamides is 1. The van der Waals surface area contributed by atoms with Gasteiger partial charge < -0.3 is 9.47 Å². The van der Waals surface area contributed by atoms with Gasteiger partial charge in [-0.2, -0.15) is 5.26 Å². The lowest BCUT2D eigenvalue weighted by Gasteiger charge is -2.43. The Morgan fingerprint density at radius 2 is 1.94 bits per heavy atom. The first-order valence-corrected chi connectivity index (χ1v) is 13.3. The molecule has 4 heterocycles. The fourth-order valence-corrected chi connectivity index (χ4v) is 6.81. The molecule has 0 aliphatic carbocycles. The fourth-order valence-electron chi connectivity index (χ4n) is 4.89. The third-order valence-corrected chi connectivity index (χ3v) is 8.70. The van der Waals surface area contributed by atoms with Crippen molar-refractivity contribution < 1.29 is 13.2 Å². The van der Waals surface area contributed by atoms with Crippen molar-refractivity contribution in [2.45, 2.75) is 30.2 Å². The Bertz CT molecular complexity index is 1450. The normalized spacial score (nSPS) is 19.2. The van der Waals surface area contributed by atoms with E-state index >= 15 is 0 Å². The van der Waals surface area contributed by atoms with Crippen LogP contribution in [0.5, 0.6) is 0 Å². The van der Waals surface area contributed by atoms with Gasteiger partial charge >= 0.3 is 0 Å². The number of amides is 1. The molecule has 10 heteroatoms. The summed E-state index contributed by atoms with van der Waals surface area (Å²) in [5, 5.41) is 11.2. The number of nitrogens with zero attached hydrogens (tertiary/aromatic N) is 3. The smallest absolute Gasteiger partial charge is 0.275 e. The monoisotopic (exact) mass is 494 g/mol. The number of nitriles is 1. The maximum Gasteiger partial charge on any atom is 0.275 e. The van der Waals surface area contributed by atoms with E-state index in [4.69, 9.17) is 0 Å². The lowest BCUT2D eigenvalue weighted by molar-refractivity contribution is -0.133. The minimum atomic E-state index is -4.11. The van der Waals surface area contributed by atoms with Crippen LogP contribution in [0.15, 0.2) is 63.6 Å². The van der Waals surface area contributed by atoms with E-state index in [0.29, 0.717) is 26.1 Å². The lowest BCUT2D eigenvalue weighted by Crippen LogP contribution is -2.49. The molecule has 34 heavy (non-hydrogen) atoms. The number of thiophene rings is 1. The van der Waals surface area contributed by atoms with Crippen LogP contribution >= 0.6 is 11.3 Å². The second kappa shape index (κ2) is 8.74. The van der Waals surface area contributed by atoms with Gasteiger partial charge in [-0.1, -0.05) is 18.2 Å². The standard InChI is InChI=1S/C24H22N4O4S2/c25-12-17-4-1-2-6-22(17)34(31,32)26-20-7-8-21-18-10-16(14-28(21)24(20)30)13-27(15-18)23(29)11-19-5-3-9-33-19/h1-9,16,18,26H,10-11,13-15H2. The molecule has 2 aliphatic rings. The van der Waals surface area contributed by atoms with Crippen LogP contribution in [0.2, 0.25) is 0 Å². The molecule has 1 fully saturated rings. The molecule has 0 radical (unpaired) electrons. The van der Waals surface area contributed by atoms with Crippen LogP contribution in [-0.4, -0.2) is 36.9 Å². The second-order valence-corrected chi connectivity index (χ2v) is 11.3. The molecule has 1 saturated heterocycles. The van der Waals surface area contributed by atoms with Gasteiger partial charge in [0.1, 0.15) is 16.7 Å². The summed E-state index contributed by atoms with van der Waals surface area (Å²) in [5.41, 5.74) is 0.357. The van der Waals surface area contributed by atoms with Crippen molar-refractivity contribution in [2.75, 3.05) is 17.8 Å². The van der Waals surface area contributed by atoms with Crippen molar-refractivity contribution in [1.29, 1.82) is 5.26 Å². The summed E-state index contributed by atoms with van der Waals surface area (Å²) in [7, 11) is -4.11. The highest BCUT2D eigenvalue weighted by atomic mass is 32.2. The van der Waals surface area contributed by atoms with Crippen molar-refractivity contribution in [3.8, 4) is 6.07 Å². The number of likely N-dealkylation sites (tertiary alicyclic amines) is 1. The molecule has 0 spiro atoms. The predicted molar refractivity (Wildman–Crippen MR) is 128 cm³/mol. The van der Waals surface area contributed by atoms with Crippen molar-refractivity contribution in [3.05, 3.63) is 80.4 Å². The average molecular weight is 495 g/mol. The zero-order valence-electron chi connectivity index (χ0n) is 18.2. The summed E-state index contributed by atoms with van der Waals surface area (Å²) in [6.45, 7) is 1.55. The van der Waals surface area contributed by atoms with Crippen LogP contribution in [0.4, 0.5) is 5.69 Å². The summed E-state index contributed by atoms with van der Waals surface area (Å²) in [6, 6.07) is 14.9. The SMILES string of the molecule is N#Cc1ccccc1S(=O)(=O)Nc1ccc2n(c1=O)CC1CC2CN(C(=O)Cc2cccs2)C1. The van der Waals surface area contributed by atoms with Gasteiger partial charge in [0, 0.05) is 36.1 Å². The van der Waals surface area contributed by atoms with E-state index in [1.165, 1.54) is 24.3 Å². The average Bonchev–Trinajstić information content (AvgIpc) is 3.34. The third-order valence-electron chi connectivity index (χ3n) is 6.40. The van der Waals surface area contributed by atoms with Crippen LogP contribution in [0, 0.1) is 17.2 Å². The Morgan fingerprint density at radius 1 is 1.12 bits per heavy atom. The number of nitrogens with one attached hydrogen (secondary N) is 1. The molecular formula is C24H22N4O4S2. The van der Waals surface area contributed by atoms with Crippen LogP contribution in [0.3, 0.4) is 0 Å². The van der Waals surface area contributed by atoms with Crippen molar-refractivity contribution >= 4 is 33.0 Å². The van der Waals surface area contributed by atoms with E-state index in [9.17, 15) is 23.3 Å². The first-order valence-electron chi connectivity index (χ1n) is 10.9. The molecule has 2 bridgehead atoms. The zero-order chi connectivity index (χ0) is 23.9. The molecule has 2 atom stereocenters. The summed E-state index contributed by atoms with van der Waals surface area (Å²) in [5.74, 6) is 0.244. The van der Waals surface area contributed by atoms with Crippen LogP contribution in [0.1, 0.15) is 28.5 Å². The topological polar surface area (TPSA) is 112 Å². The van der Waals surface area contributed by atoms with E-state index in [-0.39, 0.29) is 33.9 Å². The Labute approximate surface area is 201 Å². The van der Waals surface area contributed by atoms with Gasteiger partial charge in [0.2, 0.25) is 5.91 Å². The van der Waals surface area contributed by atoms with E-state index in [1.807, 2.05) is 28.5 Å². The molecule has 2 aliphatic heterocycles. The lowest BCUT2D eigenvalue weighted by atomic mass is 9.83. The molecule has 3 aromatic rings. The van der Waals surface area contributed by atoms with Crippen molar-refractivity contribution in [1.82, 2.24) is 9.47 Å². The largest absolute Gasteiger partial charge is 0.341 e. The predicted octanol–water partition coefficient (Wildman–Crippen LogP) is 2.77. The molecule has 2 unspecified atom stereocenters. The Hall–Kier alpha value is -3.42. The number of fused-ring (bicyclic) bond motifs is 4. The molecule has 0 saturated carbocycles. The van der Waals surface area contributed by atoms with Crippen LogP contribution < -0.4 is 10.3 Å². The maximum atomic E-state index is 13.2. The van der Waals surface area contributed by atoms with Gasteiger partial charge in [0.05, 0.1) is 12.0 Å². The number of hydrogen-bond acceptors (Lipinski definition) is 6. The van der Waals surface area contributed by atoms with Crippen LogP contribution in [0.25, 0.3) is 0 Å². The Kier molecular flexibility index (Phi) is 5.75. The summed E-state index contributed by atoms with van der Waals surface area (Å²) >= 11 is 1.57. The first kappa shape index (κ1) is 22.4. The number of pyridine rings is 1. The number of carbonyl (C=O) groups excluding carboxylic acids is 1. The zero-order valence-corrected chi connectivity index (χ0v) is 19.8. The molecule has 1 N–H and O–H groups in total. The van der Waals surface area contributed by atoms with Crippen molar-refractivity contribution in [2.24, 2.45) is 5.92 Å². The number of aromatic nitrogens is 1. The second-order valence-electron chi connectivity index (χ2n) is 8.65. The van der Waals surface area contributed by atoms with E-state index < -0.39 is 15.6 Å². The number of carbonyl (C=O) groups is 1. The molecule has 174 valence electrons. The number of piperidine rings is 1. The summed E-state index contributed by atoms with van der Waals surface area (Å²) < 4.78 is 29.8. The van der Waals surface area contributed by atoms with Crippen molar-refractivity contribution in [3.63, 3.8) is 0 Å². The quantitative estimate of drug-likeness (QED) is 0.586. The van der Waals surface area contributed by atoms with Gasteiger partial charge in [0.25, 0.3) is 15.6 Å². The highest BCUT2D eigenvalue weighted by molar-refractivity contribution is 7.92. The van der Waals surface area contributed by atoms with E-state index in [0.717, 1.165) is 17.0 Å². The van der Waals surface area contributed by atoms with Gasteiger partial charge in [-0.05, 0) is 48.1 Å². The van der Waals surface area contributed by atoms with E-state index in [1.54, 1.807) is 28.0 Å². The highest BCUT2D eigenvalue weighted by Crippen LogP contribution is 2.36. The molecule has 1 amide bonds. The third kappa shape index (κ3) is 4.13. The molecule has 1 aromatic carbocycles. The van der Waals surface area contributed by atoms with Gasteiger partial charge in [-0.3, -0.25) is 14.3 Å². The van der Waals surface area contributed by atoms with Gasteiger partial charge in [-0.15, -0.1) is 11.3 Å². The first-order chi connectivity index (χ1) is 16.4.